The van der Waals surface area contributed by atoms with Gasteiger partial charge in [0.1, 0.15) is 17.4 Å². The maximum Gasteiger partial charge on any atom is 0.393 e. The third-order valence-electron chi connectivity index (χ3n) is 4.51. The first-order valence-electron chi connectivity index (χ1n) is 8.92. The van der Waals surface area contributed by atoms with Crippen molar-refractivity contribution in [1.82, 2.24) is 9.71 Å². The molecule has 2 unspecified atom stereocenters. The van der Waals surface area contributed by atoms with Gasteiger partial charge in [-0.1, -0.05) is 6.58 Å². The molecule has 0 aromatic carbocycles. The van der Waals surface area contributed by atoms with E-state index in [-0.39, 0.29) is 29.3 Å². The molecule has 0 spiro atoms. The van der Waals surface area contributed by atoms with Gasteiger partial charge in [0.15, 0.2) is 0 Å². The molecule has 7 nitrogen and oxygen atoms in total. The number of hydrogen-bond acceptors (Lipinski definition) is 5. The molecule has 2 N–H and O–H groups in total. The normalized spacial score (nSPS) is 20.0. The highest BCUT2D eigenvalue weighted by Crippen LogP contribution is 2.45. The zero-order valence-electron chi connectivity index (χ0n) is 16.9. The first-order valence-corrected chi connectivity index (χ1v) is 10.4. The van der Waals surface area contributed by atoms with Gasteiger partial charge < -0.3 is 10.1 Å². The monoisotopic (exact) mass is 463 g/mol. The van der Waals surface area contributed by atoms with Crippen LogP contribution in [0.2, 0.25) is 0 Å². The summed E-state index contributed by atoms with van der Waals surface area (Å²) < 4.78 is 83.5. The van der Waals surface area contributed by atoms with Crippen molar-refractivity contribution in [3.8, 4) is 0 Å². The Kier molecular flexibility index (Phi) is 7.27. The van der Waals surface area contributed by atoms with Crippen molar-refractivity contribution < 1.29 is 35.5 Å². The van der Waals surface area contributed by atoms with E-state index in [4.69, 9.17) is 4.74 Å². The number of aromatic nitrogens is 1. The number of nitrogens with one attached hydrogen (secondary N) is 2. The zero-order chi connectivity index (χ0) is 23.6. The maximum atomic E-state index is 13.4. The van der Waals surface area contributed by atoms with E-state index in [1.54, 1.807) is 0 Å². The second kappa shape index (κ2) is 9.18. The van der Waals surface area contributed by atoms with Gasteiger partial charge in [-0.15, -0.1) is 0 Å². The molecule has 1 aromatic rings. The lowest BCUT2D eigenvalue weighted by atomic mass is 10.2. The summed E-state index contributed by atoms with van der Waals surface area (Å²) in [6.07, 6.45) is -3.07. The van der Waals surface area contributed by atoms with Gasteiger partial charge in [-0.2, -0.15) is 13.2 Å². The van der Waals surface area contributed by atoms with Crippen LogP contribution in [0.25, 0.3) is 0 Å². The van der Waals surface area contributed by atoms with Gasteiger partial charge >= 0.3 is 6.18 Å². The molecule has 1 fully saturated rings. The molecule has 1 heterocycles. The minimum absolute atomic E-state index is 0.00541. The summed E-state index contributed by atoms with van der Waals surface area (Å²) in [4.78, 5) is 16.0. The molecule has 0 aliphatic heterocycles. The molecule has 31 heavy (non-hydrogen) atoms. The van der Waals surface area contributed by atoms with Crippen LogP contribution >= 0.6 is 0 Å². The van der Waals surface area contributed by atoms with Gasteiger partial charge in [0.05, 0.1) is 29.2 Å². The van der Waals surface area contributed by atoms with Crippen LogP contribution in [0.3, 0.4) is 0 Å². The molecule has 2 atom stereocenters. The third kappa shape index (κ3) is 6.14. The number of methoxy groups -OCH3 is 1. The van der Waals surface area contributed by atoms with Crippen LogP contribution in [0.1, 0.15) is 19.0 Å². The first-order chi connectivity index (χ1) is 14.3. The quantitative estimate of drug-likeness (QED) is 0.267. The predicted octanol–water partition coefficient (Wildman–Crippen LogP) is 3.33. The van der Waals surface area contributed by atoms with Crippen molar-refractivity contribution in [2.45, 2.75) is 32.5 Å². The third-order valence-corrected chi connectivity index (χ3v) is 6.03. The molecule has 1 amide bonds. The summed E-state index contributed by atoms with van der Waals surface area (Å²) in [5.74, 6) is -3.14. The number of halogens is 4. The lowest BCUT2D eigenvalue weighted by Gasteiger charge is -2.12. The number of aryl methyl sites for hydroxylation is 1. The van der Waals surface area contributed by atoms with Crippen LogP contribution < -0.4 is 10.0 Å². The summed E-state index contributed by atoms with van der Waals surface area (Å²) in [5.41, 5.74) is -0.209. The average molecular weight is 463 g/mol. The Morgan fingerprint density at radius 2 is 2.00 bits per heavy atom. The molecule has 1 aliphatic rings. The molecule has 1 aromatic heterocycles. The van der Waals surface area contributed by atoms with Gasteiger partial charge in [-0.05, 0) is 44.6 Å². The minimum atomic E-state index is -4.51. The van der Waals surface area contributed by atoms with Crippen molar-refractivity contribution >= 4 is 21.7 Å². The minimum Gasteiger partial charge on any atom is -0.501 e. The Balaban J connectivity index is 2.30. The van der Waals surface area contributed by atoms with Crippen LogP contribution in [0, 0.1) is 18.7 Å². The zero-order valence-corrected chi connectivity index (χ0v) is 17.7. The highest BCUT2D eigenvalue weighted by molar-refractivity contribution is 7.93. The average Bonchev–Trinajstić information content (AvgIpc) is 3.43. The number of allylic oxidation sites excluding steroid dienone is 2. The summed E-state index contributed by atoms with van der Waals surface area (Å²) in [6, 6.07) is 1.02. The fraction of sp³-hybridized carbons (Fsp3) is 0.368. The molecular weight excluding hydrogens is 442 g/mol. The van der Waals surface area contributed by atoms with Crippen LogP contribution in [-0.2, 0) is 19.6 Å². The molecule has 12 heteroatoms. The Bertz CT molecular complexity index is 1050. The number of anilines is 1. The smallest absolute Gasteiger partial charge is 0.393 e. The van der Waals surface area contributed by atoms with Crippen molar-refractivity contribution in [1.29, 1.82) is 0 Å². The van der Waals surface area contributed by atoms with Crippen LogP contribution in [0.5, 0.6) is 0 Å². The maximum absolute atomic E-state index is 13.4. The molecule has 0 saturated heterocycles. The summed E-state index contributed by atoms with van der Waals surface area (Å²) in [6.45, 7) is 6.14. The number of ether oxygens (including phenoxy) is 1. The molecule has 1 saturated carbocycles. The molecular formula is C19H21F4N3O4S. The lowest BCUT2D eigenvalue weighted by Crippen LogP contribution is -2.30. The number of carbonyl (C=O) groups is 1. The molecule has 0 bridgehead atoms. The number of pyridine rings is 1. The van der Waals surface area contributed by atoms with Gasteiger partial charge in [0.25, 0.3) is 5.91 Å². The van der Waals surface area contributed by atoms with E-state index in [1.165, 1.54) is 27.0 Å². The van der Waals surface area contributed by atoms with Gasteiger partial charge in [0, 0.05) is 6.04 Å². The number of alkyl halides is 3. The number of nitrogens with zero attached hydrogens (tertiary/aromatic N) is 1. The topological polar surface area (TPSA) is 97.4 Å². The van der Waals surface area contributed by atoms with Crippen molar-refractivity contribution in [2.24, 2.45) is 5.92 Å². The largest absolute Gasteiger partial charge is 0.501 e. The summed E-state index contributed by atoms with van der Waals surface area (Å²) >= 11 is 0. The Labute approximate surface area is 176 Å². The highest BCUT2D eigenvalue weighted by Gasteiger charge is 2.57. The van der Waals surface area contributed by atoms with E-state index in [1.807, 2.05) is 4.72 Å². The summed E-state index contributed by atoms with van der Waals surface area (Å²) in [5, 5.41) is 2.39. The van der Waals surface area contributed by atoms with E-state index < -0.39 is 44.8 Å². The van der Waals surface area contributed by atoms with Gasteiger partial charge in [0.2, 0.25) is 10.0 Å². The molecule has 2 rings (SSSR count). The number of rotatable bonds is 8. The van der Waals surface area contributed by atoms with Crippen molar-refractivity contribution in [2.75, 3.05) is 12.4 Å². The molecule has 1 aliphatic carbocycles. The van der Waals surface area contributed by atoms with Crippen molar-refractivity contribution in [3.63, 3.8) is 0 Å². The van der Waals surface area contributed by atoms with Crippen molar-refractivity contribution in [3.05, 3.63) is 58.6 Å². The molecule has 170 valence electrons. The van der Waals surface area contributed by atoms with E-state index in [9.17, 15) is 30.8 Å². The Morgan fingerprint density at radius 3 is 2.48 bits per heavy atom. The van der Waals surface area contributed by atoms with E-state index in [0.29, 0.717) is 0 Å². The summed E-state index contributed by atoms with van der Waals surface area (Å²) in [7, 11) is -3.15. The lowest BCUT2D eigenvalue weighted by molar-refractivity contribution is -0.148. The number of amides is 1. The SMILES string of the molecule is C=C/C(=C\C(C(=O)Nc1ccc(F)c(C)n1)=C(/C)OC)S(=O)(=O)NC1CC1C(F)(F)F. The van der Waals surface area contributed by atoms with E-state index in [0.717, 1.165) is 18.2 Å². The fourth-order valence-corrected chi connectivity index (χ4v) is 3.86. The number of sulfonamides is 1. The van der Waals surface area contributed by atoms with E-state index >= 15 is 0 Å². The second-order valence-corrected chi connectivity index (χ2v) is 8.47. The highest BCUT2D eigenvalue weighted by atomic mass is 32.2. The standard InChI is InChI=1S/C19H21F4N3O4S/c1-5-12(31(28,29)26-16-9-14(16)19(21,22)23)8-13(11(3)30-4)18(27)25-17-7-6-15(20)10(2)24-17/h5-8,14,16,26H,1,9H2,2-4H3,(H,24,25,27)/b12-8+,13-11-. The Hall–Kier alpha value is -2.73. The molecule has 0 radical (unpaired) electrons. The second-order valence-electron chi connectivity index (χ2n) is 6.75. The van der Waals surface area contributed by atoms with Gasteiger partial charge in [-0.3, -0.25) is 4.79 Å². The van der Waals surface area contributed by atoms with Crippen LogP contribution in [0.4, 0.5) is 23.4 Å². The number of hydrogen-bond donors (Lipinski definition) is 2. The predicted molar refractivity (Wildman–Crippen MR) is 106 cm³/mol. The first kappa shape index (κ1) is 24.5. The van der Waals surface area contributed by atoms with Crippen LogP contribution in [-0.4, -0.2) is 38.6 Å². The fourth-order valence-electron chi connectivity index (χ4n) is 2.58. The number of carbonyl (C=O) groups excluding carboxylic acids is 1. The van der Waals surface area contributed by atoms with E-state index in [2.05, 4.69) is 16.9 Å². The van der Waals surface area contributed by atoms with Crippen LogP contribution in [0.15, 0.2) is 47.1 Å². The Morgan fingerprint density at radius 1 is 1.35 bits per heavy atom. The van der Waals surface area contributed by atoms with Gasteiger partial charge in [-0.25, -0.2) is 22.5 Å².